The summed E-state index contributed by atoms with van der Waals surface area (Å²) in [6.45, 7) is 4.46. The Morgan fingerprint density at radius 1 is 1.34 bits per heavy atom. The molecule has 3 N–H and O–H groups in total. The van der Waals surface area contributed by atoms with E-state index in [4.69, 9.17) is 10.00 Å². The van der Waals surface area contributed by atoms with Gasteiger partial charge in [-0.3, -0.25) is 9.36 Å². The summed E-state index contributed by atoms with van der Waals surface area (Å²) in [6.07, 6.45) is 4.99. The number of alkyl halides is 1. The van der Waals surface area contributed by atoms with Crippen LogP contribution >= 0.6 is 0 Å². The third-order valence-corrected chi connectivity index (χ3v) is 6.17. The lowest BCUT2D eigenvalue weighted by atomic mass is 10.00. The van der Waals surface area contributed by atoms with Gasteiger partial charge < -0.3 is 20.5 Å². The number of aliphatic hydroxyl groups is 1. The summed E-state index contributed by atoms with van der Waals surface area (Å²) >= 11 is 0. The first kappa shape index (κ1) is 24.6. The van der Waals surface area contributed by atoms with E-state index in [9.17, 15) is 14.3 Å². The van der Waals surface area contributed by atoms with E-state index >= 15 is 0 Å². The van der Waals surface area contributed by atoms with Gasteiger partial charge in [-0.25, -0.2) is 14.4 Å². The number of carbonyl (C=O) groups is 1. The quantitative estimate of drug-likeness (QED) is 0.453. The lowest BCUT2D eigenvalue weighted by molar-refractivity contribution is -0.00177. The molecular formula is C25H29FN6O3. The van der Waals surface area contributed by atoms with Crippen LogP contribution in [0.2, 0.25) is 0 Å². The molecule has 1 amide bonds. The highest BCUT2D eigenvalue weighted by atomic mass is 19.1. The predicted octanol–water partition coefficient (Wildman–Crippen LogP) is 2.97. The lowest BCUT2D eigenvalue weighted by Gasteiger charge is -2.24. The number of nitrogens with one attached hydrogen (secondary N) is 2. The van der Waals surface area contributed by atoms with Crippen LogP contribution in [-0.4, -0.2) is 63.6 Å². The van der Waals surface area contributed by atoms with Gasteiger partial charge in [-0.1, -0.05) is 0 Å². The molecule has 3 aromatic heterocycles. The number of ether oxygens (including phenoxy) is 1. The van der Waals surface area contributed by atoms with Gasteiger partial charge in [0, 0.05) is 49.8 Å². The summed E-state index contributed by atoms with van der Waals surface area (Å²) in [4.78, 5) is 21.8. The number of hydrogen-bond acceptors (Lipinski definition) is 7. The topological polar surface area (TPSA) is 125 Å². The highest BCUT2D eigenvalue weighted by Gasteiger charge is 2.27. The van der Waals surface area contributed by atoms with E-state index in [1.165, 1.54) is 26.2 Å². The van der Waals surface area contributed by atoms with Crippen LogP contribution < -0.4 is 10.6 Å². The molecule has 1 saturated heterocycles. The van der Waals surface area contributed by atoms with Gasteiger partial charge in [-0.05, 0) is 44.7 Å². The first-order valence-electron chi connectivity index (χ1n) is 11.6. The van der Waals surface area contributed by atoms with E-state index in [1.54, 1.807) is 22.9 Å². The van der Waals surface area contributed by atoms with Crippen molar-refractivity contribution < 1.29 is 19.0 Å². The SMILES string of the molecule is CC(C)(O)[C@H](F)CNC(=O)c1cnc(-n2ccc3cc(C#N)cnc32)cc1NCC1CCOCC1. The Labute approximate surface area is 202 Å². The van der Waals surface area contributed by atoms with Crippen molar-refractivity contribution in [2.45, 2.75) is 38.5 Å². The van der Waals surface area contributed by atoms with Crippen molar-refractivity contribution in [3.8, 4) is 11.9 Å². The molecule has 35 heavy (non-hydrogen) atoms. The second-order valence-corrected chi connectivity index (χ2v) is 9.29. The van der Waals surface area contributed by atoms with Gasteiger partial charge in [0.1, 0.15) is 23.7 Å². The molecule has 0 spiro atoms. The van der Waals surface area contributed by atoms with Crippen LogP contribution in [0.3, 0.4) is 0 Å². The molecule has 1 aliphatic heterocycles. The van der Waals surface area contributed by atoms with E-state index in [0.717, 1.165) is 18.2 Å². The van der Waals surface area contributed by atoms with Crippen molar-refractivity contribution >= 4 is 22.6 Å². The third-order valence-electron chi connectivity index (χ3n) is 6.17. The highest BCUT2D eigenvalue weighted by Crippen LogP contribution is 2.24. The van der Waals surface area contributed by atoms with Crippen molar-refractivity contribution in [3.63, 3.8) is 0 Å². The number of carbonyl (C=O) groups excluding carboxylic acids is 1. The zero-order valence-electron chi connectivity index (χ0n) is 19.8. The molecule has 0 bridgehead atoms. The van der Waals surface area contributed by atoms with Gasteiger partial charge in [-0.2, -0.15) is 5.26 Å². The molecule has 1 aliphatic rings. The van der Waals surface area contributed by atoms with Crippen LogP contribution in [0.15, 0.2) is 36.8 Å². The van der Waals surface area contributed by atoms with Crippen LogP contribution in [0.25, 0.3) is 16.9 Å². The summed E-state index contributed by atoms with van der Waals surface area (Å²) < 4.78 is 21.4. The number of rotatable bonds is 8. The predicted molar refractivity (Wildman–Crippen MR) is 129 cm³/mol. The Morgan fingerprint density at radius 3 is 2.83 bits per heavy atom. The molecule has 10 heteroatoms. The Hall–Kier alpha value is -3.55. The Balaban J connectivity index is 1.62. The summed E-state index contributed by atoms with van der Waals surface area (Å²) in [6, 6.07) is 7.44. The van der Waals surface area contributed by atoms with Gasteiger partial charge in [0.25, 0.3) is 5.91 Å². The van der Waals surface area contributed by atoms with Crippen molar-refractivity contribution in [1.82, 2.24) is 19.9 Å². The zero-order chi connectivity index (χ0) is 25.0. The molecule has 0 unspecified atom stereocenters. The second-order valence-electron chi connectivity index (χ2n) is 9.29. The van der Waals surface area contributed by atoms with Crippen LogP contribution in [0.5, 0.6) is 0 Å². The smallest absolute Gasteiger partial charge is 0.255 e. The molecule has 3 aromatic rings. The van der Waals surface area contributed by atoms with E-state index in [2.05, 4.69) is 26.7 Å². The second kappa shape index (κ2) is 10.4. The third kappa shape index (κ3) is 5.75. The number of nitriles is 1. The van der Waals surface area contributed by atoms with Crippen molar-refractivity contribution in [2.75, 3.05) is 31.6 Å². The van der Waals surface area contributed by atoms with Gasteiger partial charge in [0.05, 0.1) is 29.0 Å². The van der Waals surface area contributed by atoms with Gasteiger partial charge in [-0.15, -0.1) is 0 Å². The molecule has 0 aromatic carbocycles. The van der Waals surface area contributed by atoms with Crippen molar-refractivity contribution in [3.05, 3.63) is 47.9 Å². The molecule has 0 radical (unpaired) electrons. The van der Waals surface area contributed by atoms with E-state index in [0.29, 0.717) is 48.4 Å². The summed E-state index contributed by atoms with van der Waals surface area (Å²) in [7, 11) is 0. The van der Waals surface area contributed by atoms with E-state index in [-0.39, 0.29) is 12.1 Å². The van der Waals surface area contributed by atoms with Gasteiger partial charge in [0.15, 0.2) is 0 Å². The number of hydrogen-bond donors (Lipinski definition) is 3. The summed E-state index contributed by atoms with van der Waals surface area (Å²) in [5.74, 6) is 0.461. The number of pyridine rings is 2. The molecule has 0 saturated carbocycles. The minimum absolute atomic E-state index is 0.278. The van der Waals surface area contributed by atoms with Gasteiger partial charge in [0.2, 0.25) is 0 Å². The molecule has 1 atom stereocenters. The molecule has 0 aliphatic carbocycles. The molecule has 4 rings (SSSR count). The fraction of sp³-hybridized carbons (Fsp3) is 0.440. The van der Waals surface area contributed by atoms with Crippen LogP contribution in [0.1, 0.15) is 42.6 Å². The zero-order valence-corrected chi connectivity index (χ0v) is 19.8. The number of halogens is 1. The van der Waals surface area contributed by atoms with E-state index < -0.39 is 17.7 Å². The largest absolute Gasteiger partial charge is 0.387 e. The minimum atomic E-state index is -1.62. The fourth-order valence-electron chi connectivity index (χ4n) is 3.91. The maximum absolute atomic E-state index is 14.2. The summed E-state index contributed by atoms with van der Waals surface area (Å²) in [5.41, 5.74) is 0.377. The molecule has 4 heterocycles. The number of anilines is 1. The number of fused-ring (bicyclic) bond motifs is 1. The van der Waals surface area contributed by atoms with Crippen molar-refractivity contribution in [2.24, 2.45) is 5.92 Å². The van der Waals surface area contributed by atoms with Crippen molar-refractivity contribution in [1.29, 1.82) is 5.26 Å². The normalized spacial score (nSPS) is 15.5. The fourth-order valence-corrected chi connectivity index (χ4v) is 3.91. The minimum Gasteiger partial charge on any atom is -0.387 e. The van der Waals surface area contributed by atoms with Crippen LogP contribution in [0.4, 0.5) is 10.1 Å². The Bertz CT molecular complexity index is 1240. The maximum atomic E-state index is 14.2. The highest BCUT2D eigenvalue weighted by molar-refractivity contribution is 5.99. The molecular weight excluding hydrogens is 451 g/mol. The van der Waals surface area contributed by atoms with Crippen LogP contribution in [-0.2, 0) is 4.74 Å². The number of aromatic nitrogens is 3. The first-order valence-corrected chi connectivity index (χ1v) is 11.6. The summed E-state index contributed by atoms with van der Waals surface area (Å²) in [5, 5.41) is 25.7. The molecule has 1 fully saturated rings. The first-order chi connectivity index (χ1) is 16.8. The number of amides is 1. The average molecular weight is 481 g/mol. The standard InChI is InChI=1S/C25H29FN6O3/c1-25(2,34)21(26)15-31-24(33)19-14-29-22(10-20(19)28-12-16-4-7-35-8-5-16)32-6-3-18-9-17(11-27)13-30-23(18)32/h3,6,9-10,13-14,16,21,34H,4-5,7-8,12,15H2,1-2H3,(H,28,29)(H,31,33)/t21-/m1/s1. The average Bonchev–Trinajstić information content (AvgIpc) is 3.29. The Kier molecular flexibility index (Phi) is 7.28. The molecule has 9 nitrogen and oxygen atoms in total. The van der Waals surface area contributed by atoms with E-state index in [1.807, 2.05) is 6.07 Å². The van der Waals surface area contributed by atoms with Gasteiger partial charge >= 0.3 is 0 Å². The Morgan fingerprint density at radius 2 is 2.11 bits per heavy atom. The lowest BCUT2D eigenvalue weighted by Crippen LogP contribution is -2.42. The maximum Gasteiger partial charge on any atom is 0.255 e. The van der Waals surface area contributed by atoms with Crippen LogP contribution in [0, 0.1) is 17.2 Å². The molecule has 184 valence electrons. The monoisotopic (exact) mass is 480 g/mol. The number of nitrogens with zero attached hydrogens (tertiary/aromatic N) is 4.